The van der Waals surface area contributed by atoms with Crippen LogP contribution in [0, 0.1) is 11.7 Å². The van der Waals surface area contributed by atoms with Gasteiger partial charge in [0.25, 0.3) is 5.56 Å². The predicted octanol–water partition coefficient (Wildman–Crippen LogP) is 3.73. The van der Waals surface area contributed by atoms with Crippen molar-refractivity contribution in [1.29, 1.82) is 0 Å². The Labute approximate surface area is 171 Å². The molecule has 9 heteroatoms. The van der Waals surface area contributed by atoms with Crippen LogP contribution in [0.1, 0.15) is 16.8 Å². The van der Waals surface area contributed by atoms with Crippen molar-refractivity contribution < 1.29 is 9.47 Å². The zero-order valence-corrected chi connectivity index (χ0v) is 16.8. The third kappa shape index (κ3) is 4.47. The molecule has 0 unspecified atom stereocenters. The predicted molar refractivity (Wildman–Crippen MR) is 110 cm³/mol. The number of aromatic nitrogens is 3. The van der Waals surface area contributed by atoms with E-state index < -0.39 is 5.56 Å². The van der Waals surface area contributed by atoms with Gasteiger partial charge in [-0.15, -0.1) is 0 Å². The summed E-state index contributed by atoms with van der Waals surface area (Å²) in [6.07, 6.45) is 1.49. The second kappa shape index (κ2) is 8.81. The van der Waals surface area contributed by atoms with E-state index in [2.05, 4.69) is 15.3 Å². The Balaban J connectivity index is 1.95. The highest BCUT2D eigenvalue weighted by molar-refractivity contribution is 7.71. The number of aromatic amines is 1. The van der Waals surface area contributed by atoms with Gasteiger partial charge < -0.3 is 9.47 Å². The molecule has 0 aliphatic heterocycles. The van der Waals surface area contributed by atoms with Gasteiger partial charge in [0.15, 0.2) is 11.5 Å². The fourth-order valence-corrected chi connectivity index (χ4v) is 2.82. The van der Waals surface area contributed by atoms with Gasteiger partial charge in [0.05, 0.1) is 13.3 Å². The van der Waals surface area contributed by atoms with Crippen molar-refractivity contribution in [2.45, 2.75) is 13.5 Å². The standard InChI is InChI=1S/C19H17ClN4O3S/c1-12-18(25)24(19(28)23-22-12)21-10-14-6-4-8-16(26-2)17(14)27-11-13-5-3-7-15(20)9-13/h3-10H,11H2,1-2H3,(H,23,28)/b21-10+. The number of halogens is 1. The third-order valence-electron chi connectivity index (χ3n) is 3.83. The Hall–Kier alpha value is -2.97. The number of rotatable bonds is 6. The topological polar surface area (TPSA) is 81.5 Å². The average Bonchev–Trinajstić information content (AvgIpc) is 2.69. The molecule has 0 aliphatic rings. The van der Waals surface area contributed by atoms with Crippen LogP contribution < -0.4 is 15.0 Å². The largest absolute Gasteiger partial charge is 0.493 e. The van der Waals surface area contributed by atoms with Crippen molar-refractivity contribution in [2.75, 3.05) is 7.11 Å². The van der Waals surface area contributed by atoms with Crippen LogP contribution in [0.15, 0.2) is 52.4 Å². The molecule has 0 spiro atoms. The van der Waals surface area contributed by atoms with Crippen molar-refractivity contribution in [1.82, 2.24) is 14.9 Å². The summed E-state index contributed by atoms with van der Waals surface area (Å²) in [7, 11) is 1.55. The number of nitrogens with zero attached hydrogens (tertiary/aromatic N) is 3. The Morgan fingerprint density at radius 1 is 1.32 bits per heavy atom. The van der Waals surface area contributed by atoms with Gasteiger partial charge in [-0.3, -0.25) is 9.89 Å². The molecule has 1 N–H and O–H groups in total. The zero-order valence-electron chi connectivity index (χ0n) is 15.2. The summed E-state index contributed by atoms with van der Waals surface area (Å²) in [6.45, 7) is 1.86. The van der Waals surface area contributed by atoms with Crippen molar-refractivity contribution in [3.05, 3.63) is 79.4 Å². The number of ether oxygens (including phenoxy) is 2. The minimum Gasteiger partial charge on any atom is -0.493 e. The molecule has 0 aliphatic carbocycles. The molecule has 144 valence electrons. The third-order valence-corrected chi connectivity index (χ3v) is 4.33. The smallest absolute Gasteiger partial charge is 0.296 e. The van der Waals surface area contributed by atoms with Gasteiger partial charge in [-0.1, -0.05) is 29.8 Å². The van der Waals surface area contributed by atoms with Crippen molar-refractivity contribution in [3.63, 3.8) is 0 Å². The SMILES string of the molecule is COc1cccc(/C=N/n2c(=S)[nH]nc(C)c2=O)c1OCc1cccc(Cl)c1. The number of benzene rings is 2. The summed E-state index contributed by atoms with van der Waals surface area (Å²) in [5, 5.41) is 11.2. The highest BCUT2D eigenvalue weighted by atomic mass is 35.5. The molecule has 1 heterocycles. The van der Waals surface area contributed by atoms with E-state index in [4.69, 9.17) is 33.3 Å². The maximum Gasteiger partial charge on any atom is 0.296 e. The van der Waals surface area contributed by atoms with E-state index >= 15 is 0 Å². The molecule has 3 aromatic rings. The summed E-state index contributed by atoms with van der Waals surface area (Å²) in [5.74, 6) is 1.02. The van der Waals surface area contributed by atoms with Crippen LogP contribution in [-0.4, -0.2) is 28.2 Å². The molecule has 0 saturated carbocycles. The molecular formula is C19H17ClN4O3S. The number of hydrogen-bond acceptors (Lipinski definition) is 6. The van der Waals surface area contributed by atoms with Crippen molar-refractivity contribution in [3.8, 4) is 11.5 Å². The van der Waals surface area contributed by atoms with E-state index in [0.717, 1.165) is 10.2 Å². The molecule has 0 radical (unpaired) electrons. The van der Waals surface area contributed by atoms with Crippen molar-refractivity contribution >= 4 is 30.0 Å². The summed E-state index contributed by atoms with van der Waals surface area (Å²) < 4.78 is 12.5. The molecular weight excluding hydrogens is 400 g/mol. The lowest BCUT2D eigenvalue weighted by atomic mass is 10.2. The lowest BCUT2D eigenvalue weighted by Gasteiger charge is -2.13. The molecule has 7 nitrogen and oxygen atoms in total. The van der Waals surface area contributed by atoms with Crippen LogP contribution in [0.2, 0.25) is 5.02 Å². The Bertz CT molecular complexity index is 1140. The summed E-state index contributed by atoms with van der Waals surface area (Å²) >= 11 is 11.1. The van der Waals surface area contributed by atoms with Crippen LogP contribution in [0.25, 0.3) is 0 Å². The van der Waals surface area contributed by atoms with Crippen LogP contribution >= 0.6 is 23.8 Å². The van der Waals surface area contributed by atoms with Gasteiger partial charge in [-0.2, -0.15) is 14.9 Å². The molecule has 2 aromatic carbocycles. The molecule has 3 rings (SSSR count). The van der Waals surface area contributed by atoms with Crippen LogP contribution in [-0.2, 0) is 6.61 Å². The van der Waals surface area contributed by atoms with Crippen molar-refractivity contribution in [2.24, 2.45) is 5.10 Å². The highest BCUT2D eigenvalue weighted by Gasteiger charge is 2.10. The molecule has 0 bridgehead atoms. The van der Waals surface area contributed by atoms with E-state index in [0.29, 0.717) is 22.1 Å². The normalized spacial score (nSPS) is 11.0. The molecule has 0 amide bonds. The number of nitrogens with one attached hydrogen (secondary N) is 1. The molecule has 0 fully saturated rings. The fraction of sp³-hybridized carbons (Fsp3) is 0.158. The number of H-pyrrole nitrogens is 1. The van der Waals surface area contributed by atoms with Gasteiger partial charge in [0.1, 0.15) is 12.3 Å². The minimum atomic E-state index is -0.399. The molecule has 0 saturated heterocycles. The van der Waals surface area contributed by atoms with E-state index in [1.54, 1.807) is 38.3 Å². The Morgan fingerprint density at radius 2 is 2.11 bits per heavy atom. The lowest BCUT2D eigenvalue weighted by Crippen LogP contribution is -2.22. The van der Waals surface area contributed by atoms with Gasteiger partial charge in [0, 0.05) is 10.6 Å². The first-order chi connectivity index (χ1) is 13.5. The highest BCUT2D eigenvalue weighted by Crippen LogP contribution is 2.31. The second-order valence-corrected chi connectivity index (χ2v) is 6.60. The summed E-state index contributed by atoms with van der Waals surface area (Å²) in [4.78, 5) is 12.2. The maximum atomic E-state index is 12.2. The van der Waals surface area contributed by atoms with Crippen LogP contribution in [0.3, 0.4) is 0 Å². The van der Waals surface area contributed by atoms with Crippen LogP contribution in [0.5, 0.6) is 11.5 Å². The van der Waals surface area contributed by atoms with Gasteiger partial charge in [0.2, 0.25) is 4.77 Å². The molecule has 1 aromatic heterocycles. The molecule has 28 heavy (non-hydrogen) atoms. The van der Waals surface area contributed by atoms with Gasteiger partial charge in [-0.05, 0) is 49.0 Å². The summed E-state index contributed by atoms with van der Waals surface area (Å²) in [6, 6.07) is 12.8. The number of hydrogen-bond donors (Lipinski definition) is 1. The van der Waals surface area contributed by atoms with Gasteiger partial charge >= 0.3 is 0 Å². The Kier molecular flexibility index (Phi) is 6.23. The number of methoxy groups -OCH3 is 1. The van der Waals surface area contributed by atoms with Gasteiger partial charge in [-0.25, -0.2) is 0 Å². The average molecular weight is 417 g/mol. The monoisotopic (exact) mass is 416 g/mol. The summed E-state index contributed by atoms with van der Waals surface area (Å²) in [5.41, 5.74) is 1.39. The first-order valence-corrected chi connectivity index (χ1v) is 9.05. The van der Waals surface area contributed by atoms with E-state index in [1.165, 1.54) is 6.21 Å². The minimum absolute atomic E-state index is 0.0936. The maximum absolute atomic E-state index is 12.2. The lowest BCUT2D eigenvalue weighted by molar-refractivity contribution is 0.284. The quantitative estimate of drug-likeness (QED) is 0.489. The zero-order chi connectivity index (χ0) is 20.1. The number of para-hydroxylation sites is 1. The first kappa shape index (κ1) is 19.8. The second-order valence-electron chi connectivity index (χ2n) is 5.77. The first-order valence-electron chi connectivity index (χ1n) is 8.26. The van der Waals surface area contributed by atoms with Crippen LogP contribution in [0.4, 0.5) is 0 Å². The van der Waals surface area contributed by atoms with E-state index in [9.17, 15) is 4.79 Å². The Morgan fingerprint density at radius 3 is 2.86 bits per heavy atom. The van der Waals surface area contributed by atoms with E-state index in [1.807, 2.05) is 18.2 Å². The fourth-order valence-electron chi connectivity index (χ4n) is 2.43. The van der Waals surface area contributed by atoms with E-state index in [-0.39, 0.29) is 17.1 Å². The molecule has 0 atom stereocenters. The number of aryl methyl sites for hydroxylation is 1.